The maximum atomic E-state index is 10.7. The van der Waals surface area contributed by atoms with Gasteiger partial charge in [0.1, 0.15) is 0 Å². The summed E-state index contributed by atoms with van der Waals surface area (Å²) in [5.41, 5.74) is 1.97. The predicted molar refractivity (Wildman–Crippen MR) is 59.0 cm³/mol. The fourth-order valence-corrected chi connectivity index (χ4v) is 1.94. The lowest BCUT2D eigenvalue weighted by Crippen LogP contribution is -2.06. The lowest BCUT2D eigenvalue weighted by atomic mass is 10.2. The maximum Gasteiger partial charge on any atom is 0.309 e. The van der Waals surface area contributed by atoms with Gasteiger partial charge in [0, 0.05) is 17.8 Å². The van der Waals surface area contributed by atoms with Crippen LogP contribution in [0.15, 0.2) is 30.3 Å². The Labute approximate surface area is 87.9 Å². The van der Waals surface area contributed by atoms with Crippen LogP contribution in [0.1, 0.15) is 12.6 Å². The molecule has 0 amide bonds. The van der Waals surface area contributed by atoms with E-state index < -0.39 is 5.97 Å². The first-order valence-corrected chi connectivity index (χ1v) is 5.01. The molecule has 0 saturated carbocycles. The zero-order chi connectivity index (χ0) is 10.8. The van der Waals surface area contributed by atoms with Gasteiger partial charge in [0.15, 0.2) is 0 Å². The molecule has 0 aliphatic rings. The number of para-hydroxylation sites is 1. The number of aliphatic carboxylic acids is 1. The van der Waals surface area contributed by atoms with E-state index in [2.05, 4.69) is 0 Å². The van der Waals surface area contributed by atoms with Gasteiger partial charge in [-0.2, -0.15) is 0 Å². The van der Waals surface area contributed by atoms with Crippen LogP contribution in [0.5, 0.6) is 0 Å². The van der Waals surface area contributed by atoms with Crippen molar-refractivity contribution in [1.82, 2.24) is 4.57 Å². The summed E-state index contributed by atoms with van der Waals surface area (Å²) < 4.78 is 2.05. The third kappa shape index (κ3) is 1.73. The number of hydrogen-bond acceptors (Lipinski definition) is 1. The minimum atomic E-state index is -0.785. The van der Waals surface area contributed by atoms with Gasteiger partial charge in [-0.1, -0.05) is 18.2 Å². The topological polar surface area (TPSA) is 42.2 Å². The highest BCUT2D eigenvalue weighted by Crippen LogP contribution is 2.19. The van der Waals surface area contributed by atoms with Crippen LogP contribution < -0.4 is 0 Å². The number of hydrogen-bond donors (Lipinski definition) is 1. The van der Waals surface area contributed by atoms with E-state index in [9.17, 15) is 4.79 Å². The van der Waals surface area contributed by atoms with Crippen molar-refractivity contribution in [3.8, 4) is 0 Å². The number of rotatable bonds is 3. The zero-order valence-electron chi connectivity index (χ0n) is 8.60. The van der Waals surface area contributed by atoms with Gasteiger partial charge in [0.2, 0.25) is 0 Å². The van der Waals surface area contributed by atoms with Crippen LogP contribution >= 0.6 is 0 Å². The Kier molecular flexibility index (Phi) is 2.46. The minimum absolute atomic E-state index is 0.0858. The highest BCUT2D eigenvalue weighted by Gasteiger charge is 2.09. The highest BCUT2D eigenvalue weighted by atomic mass is 16.4. The summed E-state index contributed by atoms with van der Waals surface area (Å²) in [7, 11) is 0. The summed E-state index contributed by atoms with van der Waals surface area (Å²) in [6, 6.07) is 9.91. The SMILES string of the molecule is CCn1c(CC(=O)O)cc2ccccc21. The molecular formula is C12H13NO2. The smallest absolute Gasteiger partial charge is 0.309 e. The average Bonchev–Trinajstić information content (AvgIpc) is 2.53. The summed E-state index contributed by atoms with van der Waals surface area (Å²) >= 11 is 0. The van der Waals surface area contributed by atoms with E-state index in [1.165, 1.54) is 0 Å². The molecule has 0 atom stereocenters. The van der Waals surface area contributed by atoms with E-state index in [0.29, 0.717) is 0 Å². The van der Waals surface area contributed by atoms with Gasteiger partial charge in [-0.15, -0.1) is 0 Å². The number of aryl methyl sites for hydroxylation is 1. The zero-order valence-corrected chi connectivity index (χ0v) is 8.60. The van der Waals surface area contributed by atoms with Crippen LogP contribution in [-0.4, -0.2) is 15.6 Å². The second-order valence-corrected chi connectivity index (χ2v) is 3.51. The summed E-state index contributed by atoms with van der Waals surface area (Å²) in [5, 5.41) is 9.91. The van der Waals surface area contributed by atoms with Gasteiger partial charge in [-0.3, -0.25) is 4.79 Å². The van der Waals surface area contributed by atoms with Crippen molar-refractivity contribution in [2.75, 3.05) is 0 Å². The number of carbonyl (C=O) groups is 1. The fraction of sp³-hybridized carbons (Fsp3) is 0.250. The van der Waals surface area contributed by atoms with Gasteiger partial charge in [0.05, 0.1) is 6.42 Å². The van der Waals surface area contributed by atoms with Gasteiger partial charge in [0.25, 0.3) is 0 Å². The number of nitrogens with zero attached hydrogens (tertiary/aromatic N) is 1. The Morgan fingerprint density at radius 1 is 1.40 bits per heavy atom. The molecule has 78 valence electrons. The van der Waals surface area contributed by atoms with E-state index in [1.54, 1.807) is 0 Å². The second kappa shape index (κ2) is 3.77. The third-order valence-corrected chi connectivity index (χ3v) is 2.54. The largest absolute Gasteiger partial charge is 0.481 e. The van der Waals surface area contributed by atoms with Crippen LogP contribution in [0, 0.1) is 0 Å². The van der Waals surface area contributed by atoms with Gasteiger partial charge in [-0.05, 0) is 24.4 Å². The van der Waals surface area contributed by atoms with Crippen LogP contribution in [-0.2, 0) is 17.8 Å². The van der Waals surface area contributed by atoms with Crippen LogP contribution in [0.3, 0.4) is 0 Å². The Balaban J connectivity index is 2.58. The average molecular weight is 203 g/mol. The molecule has 0 unspecified atom stereocenters. The molecule has 2 aromatic rings. The van der Waals surface area contributed by atoms with Crippen molar-refractivity contribution in [3.63, 3.8) is 0 Å². The number of benzene rings is 1. The van der Waals surface area contributed by atoms with Crippen LogP contribution in [0.4, 0.5) is 0 Å². The molecule has 3 heteroatoms. The molecule has 0 bridgehead atoms. The van der Waals surface area contributed by atoms with E-state index in [0.717, 1.165) is 23.1 Å². The standard InChI is InChI=1S/C12H13NO2/c1-2-13-10(8-12(14)15)7-9-5-3-4-6-11(9)13/h3-7H,2,8H2,1H3,(H,14,15). The second-order valence-electron chi connectivity index (χ2n) is 3.51. The summed E-state index contributed by atoms with van der Waals surface area (Å²) in [5.74, 6) is -0.785. The molecule has 15 heavy (non-hydrogen) atoms. The molecule has 0 aliphatic carbocycles. The highest BCUT2D eigenvalue weighted by molar-refractivity contribution is 5.83. The number of carboxylic acid groups (broad SMARTS) is 1. The maximum absolute atomic E-state index is 10.7. The fourth-order valence-electron chi connectivity index (χ4n) is 1.94. The lowest BCUT2D eigenvalue weighted by molar-refractivity contribution is -0.136. The van der Waals surface area contributed by atoms with Crippen molar-refractivity contribution in [3.05, 3.63) is 36.0 Å². The summed E-state index contributed by atoms with van der Waals surface area (Å²) in [4.78, 5) is 10.7. The van der Waals surface area contributed by atoms with Crippen molar-refractivity contribution >= 4 is 16.9 Å². The summed E-state index contributed by atoms with van der Waals surface area (Å²) in [6.07, 6.45) is 0.0858. The monoisotopic (exact) mass is 203 g/mol. The Morgan fingerprint density at radius 3 is 2.80 bits per heavy atom. The third-order valence-electron chi connectivity index (χ3n) is 2.54. The van der Waals surface area contributed by atoms with E-state index in [-0.39, 0.29) is 6.42 Å². The predicted octanol–water partition coefficient (Wildman–Crippen LogP) is 2.29. The van der Waals surface area contributed by atoms with Crippen molar-refractivity contribution in [1.29, 1.82) is 0 Å². The van der Waals surface area contributed by atoms with E-state index >= 15 is 0 Å². The molecule has 0 radical (unpaired) electrons. The lowest BCUT2D eigenvalue weighted by Gasteiger charge is -2.05. The number of aromatic nitrogens is 1. The Morgan fingerprint density at radius 2 is 2.13 bits per heavy atom. The van der Waals surface area contributed by atoms with Gasteiger partial charge >= 0.3 is 5.97 Å². The molecule has 0 spiro atoms. The first-order chi connectivity index (χ1) is 7.22. The number of fused-ring (bicyclic) bond motifs is 1. The molecule has 0 fully saturated rings. The molecule has 1 aromatic carbocycles. The van der Waals surface area contributed by atoms with Gasteiger partial charge < -0.3 is 9.67 Å². The van der Waals surface area contributed by atoms with Crippen LogP contribution in [0.2, 0.25) is 0 Å². The van der Waals surface area contributed by atoms with E-state index in [1.807, 2.05) is 41.8 Å². The Hall–Kier alpha value is -1.77. The van der Waals surface area contributed by atoms with Crippen molar-refractivity contribution < 1.29 is 9.90 Å². The normalized spacial score (nSPS) is 10.7. The van der Waals surface area contributed by atoms with Crippen LogP contribution in [0.25, 0.3) is 10.9 Å². The molecule has 2 rings (SSSR count). The van der Waals surface area contributed by atoms with Gasteiger partial charge in [-0.25, -0.2) is 0 Å². The van der Waals surface area contributed by atoms with Crippen molar-refractivity contribution in [2.45, 2.75) is 19.9 Å². The summed E-state index contributed by atoms with van der Waals surface area (Å²) in [6.45, 7) is 2.83. The minimum Gasteiger partial charge on any atom is -0.481 e. The molecule has 0 aliphatic heterocycles. The van der Waals surface area contributed by atoms with Crippen molar-refractivity contribution in [2.24, 2.45) is 0 Å². The quantitative estimate of drug-likeness (QED) is 0.831. The molecule has 0 saturated heterocycles. The molecular weight excluding hydrogens is 190 g/mol. The molecule has 1 N–H and O–H groups in total. The first kappa shape index (κ1) is 9.77. The first-order valence-electron chi connectivity index (χ1n) is 5.01. The molecule has 1 aromatic heterocycles. The Bertz CT molecular complexity index is 499. The number of carboxylic acids is 1. The van der Waals surface area contributed by atoms with E-state index in [4.69, 9.17) is 5.11 Å². The molecule has 3 nitrogen and oxygen atoms in total. The molecule has 1 heterocycles.